The van der Waals surface area contributed by atoms with Gasteiger partial charge in [-0.1, -0.05) is 0 Å². The summed E-state index contributed by atoms with van der Waals surface area (Å²) in [5, 5.41) is 11.5. The highest BCUT2D eigenvalue weighted by molar-refractivity contribution is 9.10. The zero-order valence-corrected chi connectivity index (χ0v) is 10.4. The number of hydrogen-bond donors (Lipinski definition) is 3. The van der Waals surface area contributed by atoms with E-state index >= 15 is 0 Å². The maximum absolute atomic E-state index is 8.48. The molecule has 7 heteroatoms. The van der Waals surface area contributed by atoms with Crippen molar-refractivity contribution in [1.82, 2.24) is 9.97 Å². The third kappa shape index (κ3) is 5.24. The van der Waals surface area contributed by atoms with Crippen LogP contribution in [0, 0.1) is 0 Å². The molecular formula is C9H15BrN4O2. The van der Waals surface area contributed by atoms with Crippen LogP contribution in [0.25, 0.3) is 0 Å². The number of nitrogens with one attached hydrogen (secondary N) is 1. The van der Waals surface area contributed by atoms with Gasteiger partial charge < -0.3 is 20.9 Å². The van der Waals surface area contributed by atoms with E-state index in [0.717, 1.165) is 6.42 Å². The van der Waals surface area contributed by atoms with Gasteiger partial charge in [0, 0.05) is 19.2 Å². The predicted octanol–water partition coefficient (Wildman–Crippen LogP) is 0.632. The minimum atomic E-state index is 0.0543. The molecule has 1 aromatic heterocycles. The molecule has 0 aromatic carbocycles. The summed E-state index contributed by atoms with van der Waals surface area (Å²) in [5.74, 6) is 0.912. The second-order valence-corrected chi connectivity index (χ2v) is 3.87. The van der Waals surface area contributed by atoms with Crippen LogP contribution in [-0.4, -0.2) is 41.4 Å². The first-order valence-electron chi connectivity index (χ1n) is 4.95. The molecule has 0 radical (unpaired) electrons. The molecule has 0 aliphatic heterocycles. The molecule has 0 bridgehead atoms. The number of nitrogens with two attached hydrogens (primary N) is 1. The van der Waals surface area contributed by atoms with Crippen LogP contribution in [0.1, 0.15) is 6.42 Å². The molecule has 0 saturated carbocycles. The number of aliphatic hydroxyl groups excluding tert-OH is 1. The van der Waals surface area contributed by atoms with Crippen molar-refractivity contribution in [2.75, 3.05) is 37.4 Å². The second-order valence-electron chi connectivity index (χ2n) is 3.06. The van der Waals surface area contributed by atoms with E-state index < -0.39 is 0 Å². The zero-order chi connectivity index (χ0) is 11.8. The first kappa shape index (κ1) is 13.1. The Balaban J connectivity index is 2.21. The molecule has 4 N–H and O–H groups in total. The van der Waals surface area contributed by atoms with Gasteiger partial charge in [0.15, 0.2) is 0 Å². The van der Waals surface area contributed by atoms with Gasteiger partial charge in [-0.25, -0.2) is 4.98 Å². The molecule has 90 valence electrons. The SMILES string of the molecule is Nc1cc(Br)nc(NCCCOCCO)n1. The number of aliphatic hydroxyl groups is 1. The summed E-state index contributed by atoms with van der Waals surface area (Å²) in [7, 11) is 0. The van der Waals surface area contributed by atoms with Crippen molar-refractivity contribution < 1.29 is 9.84 Å². The second kappa shape index (κ2) is 7.37. The highest BCUT2D eigenvalue weighted by Crippen LogP contribution is 2.11. The topological polar surface area (TPSA) is 93.3 Å². The smallest absolute Gasteiger partial charge is 0.225 e. The number of aromatic nitrogens is 2. The van der Waals surface area contributed by atoms with E-state index in [1.807, 2.05) is 0 Å². The minimum absolute atomic E-state index is 0.0543. The summed E-state index contributed by atoms with van der Waals surface area (Å²) < 4.78 is 5.76. The number of hydrogen-bond acceptors (Lipinski definition) is 6. The van der Waals surface area contributed by atoms with Crippen molar-refractivity contribution in [2.24, 2.45) is 0 Å². The lowest BCUT2D eigenvalue weighted by molar-refractivity contribution is 0.0921. The van der Waals surface area contributed by atoms with Gasteiger partial charge in [-0.15, -0.1) is 0 Å². The fourth-order valence-electron chi connectivity index (χ4n) is 1.06. The van der Waals surface area contributed by atoms with Crippen LogP contribution in [0.2, 0.25) is 0 Å². The average Bonchev–Trinajstić information content (AvgIpc) is 2.22. The largest absolute Gasteiger partial charge is 0.394 e. The van der Waals surface area contributed by atoms with Crippen molar-refractivity contribution in [3.05, 3.63) is 10.7 Å². The standard InChI is InChI=1S/C9H15BrN4O2/c10-7-6-8(11)14-9(13-7)12-2-1-4-16-5-3-15/h6,15H,1-5H2,(H3,11,12,13,14). The van der Waals surface area contributed by atoms with Crippen LogP contribution >= 0.6 is 15.9 Å². The Bertz CT molecular complexity index is 304. The molecule has 0 unspecified atom stereocenters. The van der Waals surface area contributed by atoms with E-state index in [1.165, 1.54) is 0 Å². The van der Waals surface area contributed by atoms with E-state index in [4.69, 9.17) is 15.6 Å². The van der Waals surface area contributed by atoms with E-state index in [1.54, 1.807) is 6.07 Å². The molecule has 1 heterocycles. The fourth-order valence-corrected chi connectivity index (χ4v) is 1.46. The molecule has 0 aliphatic carbocycles. The molecule has 1 rings (SSSR count). The molecule has 0 atom stereocenters. The molecule has 1 aromatic rings. The first-order chi connectivity index (χ1) is 7.72. The predicted molar refractivity (Wildman–Crippen MR) is 65.2 cm³/mol. The molecule has 0 saturated heterocycles. The Kier molecular flexibility index (Phi) is 6.05. The van der Waals surface area contributed by atoms with Gasteiger partial charge in [0.05, 0.1) is 13.2 Å². The van der Waals surface area contributed by atoms with Crippen LogP contribution < -0.4 is 11.1 Å². The summed E-state index contributed by atoms with van der Waals surface area (Å²) in [6.45, 7) is 1.72. The van der Waals surface area contributed by atoms with Gasteiger partial charge in [-0.3, -0.25) is 0 Å². The van der Waals surface area contributed by atoms with Crippen LogP contribution in [0.5, 0.6) is 0 Å². The molecule has 0 fully saturated rings. The lowest BCUT2D eigenvalue weighted by atomic mass is 10.4. The van der Waals surface area contributed by atoms with Crippen molar-refractivity contribution in [1.29, 1.82) is 0 Å². The Labute approximate surface area is 102 Å². The molecule has 0 spiro atoms. The van der Waals surface area contributed by atoms with Crippen LogP contribution in [0.15, 0.2) is 10.7 Å². The molecule has 16 heavy (non-hydrogen) atoms. The minimum Gasteiger partial charge on any atom is -0.394 e. The van der Waals surface area contributed by atoms with Gasteiger partial charge in [0.25, 0.3) is 0 Å². The summed E-state index contributed by atoms with van der Waals surface area (Å²) in [6.07, 6.45) is 0.815. The Morgan fingerprint density at radius 3 is 2.94 bits per heavy atom. The molecule has 0 aliphatic rings. The number of nitrogen functional groups attached to an aromatic ring is 1. The van der Waals surface area contributed by atoms with E-state index in [0.29, 0.717) is 36.1 Å². The van der Waals surface area contributed by atoms with Crippen molar-refractivity contribution in [3.63, 3.8) is 0 Å². The summed E-state index contributed by atoms with van der Waals surface area (Å²) >= 11 is 3.23. The van der Waals surface area contributed by atoms with Gasteiger partial charge in [-0.2, -0.15) is 4.98 Å². The number of halogens is 1. The number of anilines is 2. The quantitative estimate of drug-likeness (QED) is 0.504. The van der Waals surface area contributed by atoms with Crippen LogP contribution in [0.3, 0.4) is 0 Å². The van der Waals surface area contributed by atoms with Gasteiger partial charge in [-0.05, 0) is 22.4 Å². The Morgan fingerprint density at radius 1 is 1.44 bits per heavy atom. The van der Waals surface area contributed by atoms with Crippen molar-refractivity contribution in [3.8, 4) is 0 Å². The maximum atomic E-state index is 8.48. The highest BCUT2D eigenvalue weighted by Gasteiger charge is 1.99. The maximum Gasteiger partial charge on any atom is 0.225 e. The number of nitrogens with zero attached hydrogens (tertiary/aromatic N) is 2. The van der Waals surface area contributed by atoms with Crippen molar-refractivity contribution >= 4 is 27.7 Å². The Hall–Kier alpha value is -0.920. The van der Waals surface area contributed by atoms with Gasteiger partial charge >= 0.3 is 0 Å². The number of rotatable bonds is 7. The molecule has 0 amide bonds. The number of ether oxygens (including phenoxy) is 1. The lowest BCUT2D eigenvalue weighted by Crippen LogP contribution is -2.10. The third-order valence-corrected chi connectivity index (χ3v) is 2.11. The van der Waals surface area contributed by atoms with Crippen LogP contribution in [-0.2, 0) is 4.74 Å². The van der Waals surface area contributed by atoms with Crippen LogP contribution in [0.4, 0.5) is 11.8 Å². The van der Waals surface area contributed by atoms with Gasteiger partial charge in [0.1, 0.15) is 10.4 Å². The lowest BCUT2D eigenvalue weighted by Gasteiger charge is -2.06. The monoisotopic (exact) mass is 290 g/mol. The third-order valence-electron chi connectivity index (χ3n) is 1.70. The summed E-state index contributed by atoms with van der Waals surface area (Å²) in [4.78, 5) is 8.11. The summed E-state index contributed by atoms with van der Waals surface area (Å²) in [6, 6.07) is 1.63. The van der Waals surface area contributed by atoms with E-state index in [9.17, 15) is 0 Å². The van der Waals surface area contributed by atoms with Gasteiger partial charge in [0.2, 0.25) is 5.95 Å². The molecular weight excluding hydrogens is 276 g/mol. The van der Waals surface area contributed by atoms with Crippen molar-refractivity contribution in [2.45, 2.75) is 6.42 Å². The Morgan fingerprint density at radius 2 is 2.25 bits per heavy atom. The van der Waals surface area contributed by atoms with E-state index in [-0.39, 0.29) is 6.61 Å². The van der Waals surface area contributed by atoms with E-state index in [2.05, 4.69) is 31.2 Å². The summed E-state index contributed by atoms with van der Waals surface area (Å²) in [5.41, 5.74) is 5.56. The fraction of sp³-hybridized carbons (Fsp3) is 0.556. The zero-order valence-electron chi connectivity index (χ0n) is 8.82. The molecule has 6 nitrogen and oxygen atoms in total. The highest BCUT2D eigenvalue weighted by atomic mass is 79.9. The normalized spacial score (nSPS) is 10.4. The average molecular weight is 291 g/mol. The first-order valence-corrected chi connectivity index (χ1v) is 5.74.